The molecule has 0 bridgehead atoms. The van der Waals surface area contributed by atoms with E-state index in [1.165, 1.54) is 70.6 Å². The van der Waals surface area contributed by atoms with Crippen molar-refractivity contribution in [1.29, 1.82) is 0 Å². The molecule has 0 unspecified atom stereocenters. The van der Waals surface area contributed by atoms with Gasteiger partial charge in [0, 0.05) is 5.56 Å². The topological polar surface area (TPSA) is 42.2 Å². The summed E-state index contributed by atoms with van der Waals surface area (Å²) >= 11 is 0. The summed E-state index contributed by atoms with van der Waals surface area (Å²) in [5, 5.41) is 9.63. The van der Waals surface area contributed by atoms with Gasteiger partial charge in [0.2, 0.25) is 0 Å². The molecule has 0 spiro atoms. The maximum absolute atomic E-state index is 11.7. The van der Waals surface area contributed by atoms with Crippen LogP contribution in [0.5, 0.6) is 0 Å². The predicted molar refractivity (Wildman–Crippen MR) is 116 cm³/mol. The van der Waals surface area contributed by atoms with Gasteiger partial charge < -0.3 is 5.21 Å². The van der Waals surface area contributed by atoms with Crippen molar-refractivity contribution in [3.63, 3.8) is 0 Å². The highest BCUT2D eigenvalue weighted by molar-refractivity contribution is 5.29. The molecule has 154 valence electrons. The SMILES string of the molecule is CCCCCCCCCCC=CCCCCCc1cn(O)c(=O)c(C)c1C. The lowest BCUT2D eigenvalue weighted by Crippen LogP contribution is -2.22. The van der Waals surface area contributed by atoms with Crippen LogP contribution in [0.3, 0.4) is 0 Å². The van der Waals surface area contributed by atoms with Crippen molar-refractivity contribution >= 4 is 0 Å². The van der Waals surface area contributed by atoms with Gasteiger partial charge in [-0.15, -0.1) is 0 Å². The first-order valence-electron chi connectivity index (χ1n) is 11.1. The zero-order valence-corrected chi connectivity index (χ0v) is 17.9. The Morgan fingerprint density at radius 3 is 1.93 bits per heavy atom. The Bertz CT molecular complexity index is 601. The zero-order valence-electron chi connectivity index (χ0n) is 17.9. The highest BCUT2D eigenvalue weighted by Gasteiger charge is 2.08. The summed E-state index contributed by atoms with van der Waals surface area (Å²) in [6, 6.07) is 0. The van der Waals surface area contributed by atoms with Gasteiger partial charge in [0.05, 0.1) is 6.20 Å². The normalized spacial score (nSPS) is 11.5. The first-order chi connectivity index (χ1) is 13.1. The van der Waals surface area contributed by atoms with Crippen LogP contribution in [0.4, 0.5) is 0 Å². The minimum atomic E-state index is -0.308. The lowest BCUT2D eigenvalue weighted by atomic mass is 10.0. The molecule has 27 heavy (non-hydrogen) atoms. The van der Waals surface area contributed by atoms with Gasteiger partial charge in [-0.25, -0.2) is 0 Å². The van der Waals surface area contributed by atoms with Crippen molar-refractivity contribution in [2.75, 3.05) is 0 Å². The Labute approximate surface area is 166 Å². The minimum Gasteiger partial charge on any atom is -0.425 e. The second kappa shape index (κ2) is 14.5. The second-order valence-corrected chi connectivity index (χ2v) is 7.89. The van der Waals surface area contributed by atoms with Crippen LogP contribution in [0.1, 0.15) is 107 Å². The fraction of sp³-hybridized carbons (Fsp3) is 0.708. The van der Waals surface area contributed by atoms with E-state index in [4.69, 9.17) is 0 Å². The number of hydrogen-bond donors (Lipinski definition) is 1. The quantitative estimate of drug-likeness (QED) is 0.206. The largest absolute Gasteiger partial charge is 0.425 e. The molecule has 1 aromatic rings. The number of nitrogens with zero attached hydrogens (tertiary/aromatic N) is 1. The van der Waals surface area contributed by atoms with Crippen molar-refractivity contribution in [1.82, 2.24) is 4.73 Å². The van der Waals surface area contributed by atoms with Crippen molar-refractivity contribution < 1.29 is 5.21 Å². The number of pyridine rings is 1. The number of aromatic nitrogens is 1. The Kier molecular flexibility index (Phi) is 12.7. The Balaban J connectivity index is 2.02. The third-order valence-corrected chi connectivity index (χ3v) is 5.56. The fourth-order valence-corrected chi connectivity index (χ4v) is 3.51. The molecule has 1 aromatic heterocycles. The van der Waals surface area contributed by atoms with E-state index >= 15 is 0 Å². The highest BCUT2D eigenvalue weighted by atomic mass is 16.5. The van der Waals surface area contributed by atoms with E-state index < -0.39 is 0 Å². The van der Waals surface area contributed by atoms with Gasteiger partial charge in [0.25, 0.3) is 5.56 Å². The Morgan fingerprint density at radius 2 is 1.33 bits per heavy atom. The molecule has 1 heterocycles. The molecule has 0 fully saturated rings. The maximum Gasteiger partial charge on any atom is 0.285 e. The number of aryl methyl sites for hydroxylation is 1. The van der Waals surface area contributed by atoms with Crippen molar-refractivity contribution in [2.24, 2.45) is 0 Å². The van der Waals surface area contributed by atoms with Crippen molar-refractivity contribution in [3.05, 3.63) is 45.4 Å². The summed E-state index contributed by atoms with van der Waals surface area (Å²) < 4.78 is 0.728. The molecule has 0 aromatic carbocycles. The first-order valence-corrected chi connectivity index (χ1v) is 11.1. The fourth-order valence-electron chi connectivity index (χ4n) is 3.51. The van der Waals surface area contributed by atoms with Crippen LogP contribution in [0.15, 0.2) is 23.1 Å². The molecule has 3 heteroatoms. The molecule has 0 saturated heterocycles. The summed E-state index contributed by atoms with van der Waals surface area (Å²) in [5.41, 5.74) is 2.45. The lowest BCUT2D eigenvalue weighted by molar-refractivity contribution is 0.173. The molecular formula is C24H41NO2. The summed E-state index contributed by atoms with van der Waals surface area (Å²) in [4.78, 5) is 11.7. The minimum absolute atomic E-state index is 0.308. The maximum atomic E-state index is 11.7. The van der Waals surface area contributed by atoms with Gasteiger partial charge >= 0.3 is 0 Å². The van der Waals surface area contributed by atoms with Crippen LogP contribution in [0.25, 0.3) is 0 Å². The second-order valence-electron chi connectivity index (χ2n) is 7.89. The van der Waals surface area contributed by atoms with E-state index in [1.807, 2.05) is 6.92 Å². The van der Waals surface area contributed by atoms with E-state index in [0.717, 1.165) is 35.1 Å². The van der Waals surface area contributed by atoms with Crippen molar-refractivity contribution in [3.8, 4) is 0 Å². The average molecular weight is 376 g/mol. The Morgan fingerprint density at radius 1 is 0.815 bits per heavy atom. The molecule has 1 N–H and O–H groups in total. The van der Waals surface area contributed by atoms with Gasteiger partial charge in [-0.3, -0.25) is 4.79 Å². The predicted octanol–water partition coefficient (Wildman–Crippen LogP) is 6.89. The van der Waals surface area contributed by atoms with Crippen LogP contribution < -0.4 is 5.56 Å². The number of hydrogen-bond acceptors (Lipinski definition) is 2. The number of allylic oxidation sites excluding steroid dienone is 2. The van der Waals surface area contributed by atoms with E-state index in [0.29, 0.717) is 5.56 Å². The summed E-state index contributed by atoms with van der Waals surface area (Å²) in [6.45, 7) is 6.03. The molecule has 0 amide bonds. The van der Waals surface area contributed by atoms with E-state index in [9.17, 15) is 10.0 Å². The van der Waals surface area contributed by atoms with Gasteiger partial charge in [0.15, 0.2) is 0 Å². The number of rotatable bonds is 15. The van der Waals surface area contributed by atoms with Crippen LogP contribution >= 0.6 is 0 Å². The molecule has 0 aliphatic carbocycles. The van der Waals surface area contributed by atoms with E-state index in [1.54, 1.807) is 13.1 Å². The highest BCUT2D eigenvalue weighted by Crippen LogP contribution is 2.14. The van der Waals surface area contributed by atoms with Crippen LogP contribution in [0, 0.1) is 13.8 Å². The van der Waals surface area contributed by atoms with Gasteiger partial charge in [0.1, 0.15) is 0 Å². The molecule has 0 saturated carbocycles. The molecular weight excluding hydrogens is 334 g/mol. The number of unbranched alkanes of at least 4 members (excludes halogenated alkanes) is 11. The molecule has 3 nitrogen and oxygen atoms in total. The molecule has 0 radical (unpaired) electrons. The summed E-state index contributed by atoms with van der Waals surface area (Å²) in [5.74, 6) is 0. The smallest absolute Gasteiger partial charge is 0.285 e. The third-order valence-electron chi connectivity index (χ3n) is 5.56. The van der Waals surface area contributed by atoms with Gasteiger partial charge in [-0.05, 0) is 63.5 Å². The molecule has 1 rings (SSSR count). The van der Waals surface area contributed by atoms with Crippen LogP contribution in [-0.2, 0) is 6.42 Å². The standard InChI is InChI=1S/C24H41NO2/c1-4-5-6-7-8-9-10-11-12-13-14-15-16-17-18-19-23-20-25(27)24(26)22(3)21(23)2/h13-14,20,27H,4-12,15-19H2,1-3H3. The molecule has 0 atom stereocenters. The molecule has 0 aliphatic heterocycles. The van der Waals surface area contributed by atoms with E-state index in [2.05, 4.69) is 19.1 Å². The van der Waals surface area contributed by atoms with Crippen molar-refractivity contribution in [2.45, 2.75) is 111 Å². The Hall–Kier alpha value is -1.51. The monoisotopic (exact) mass is 375 g/mol. The lowest BCUT2D eigenvalue weighted by Gasteiger charge is -2.09. The van der Waals surface area contributed by atoms with Crippen LogP contribution in [0.2, 0.25) is 0 Å². The zero-order chi connectivity index (χ0) is 19.9. The van der Waals surface area contributed by atoms with Gasteiger partial charge in [-0.2, -0.15) is 4.73 Å². The summed E-state index contributed by atoms with van der Waals surface area (Å²) in [7, 11) is 0. The van der Waals surface area contributed by atoms with Crippen LogP contribution in [-0.4, -0.2) is 9.94 Å². The van der Waals surface area contributed by atoms with Gasteiger partial charge in [-0.1, -0.05) is 70.4 Å². The first kappa shape index (κ1) is 23.5. The average Bonchev–Trinajstić information content (AvgIpc) is 2.67. The van der Waals surface area contributed by atoms with E-state index in [-0.39, 0.29) is 5.56 Å². The third kappa shape index (κ3) is 9.83. The summed E-state index contributed by atoms with van der Waals surface area (Å²) in [6.07, 6.45) is 24.2. The molecule has 0 aliphatic rings.